The molecule has 1 amide bonds. The lowest BCUT2D eigenvalue weighted by Gasteiger charge is -2.37. The summed E-state index contributed by atoms with van der Waals surface area (Å²) in [7, 11) is 3.29. The highest BCUT2D eigenvalue weighted by Gasteiger charge is 2.31. The van der Waals surface area contributed by atoms with Gasteiger partial charge in [-0.25, -0.2) is 0 Å². The zero-order chi connectivity index (χ0) is 25.5. The summed E-state index contributed by atoms with van der Waals surface area (Å²) in [4.78, 5) is 15.5. The second-order valence-electron chi connectivity index (χ2n) is 8.51. The van der Waals surface area contributed by atoms with Crippen LogP contribution < -0.4 is 24.3 Å². The molecule has 1 N–H and O–H groups in total. The first kappa shape index (κ1) is 25.4. The molecule has 1 unspecified atom stereocenters. The van der Waals surface area contributed by atoms with Gasteiger partial charge in [0, 0.05) is 12.6 Å². The van der Waals surface area contributed by atoms with Crippen molar-refractivity contribution >= 4 is 11.6 Å². The zero-order valence-electron chi connectivity index (χ0n) is 21.4. The van der Waals surface area contributed by atoms with Crippen LogP contribution in [0.2, 0.25) is 0 Å². The number of benzene rings is 3. The average Bonchev–Trinajstić information content (AvgIpc) is 2.90. The molecule has 0 bridgehead atoms. The Morgan fingerprint density at radius 2 is 1.64 bits per heavy atom. The van der Waals surface area contributed by atoms with Gasteiger partial charge < -0.3 is 24.3 Å². The highest BCUT2D eigenvalue weighted by Crippen LogP contribution is 2.41. The van der Waals surface area contributed by atoms with Gasteiger partial charge in [-0.2, -0.15) is 0 Å². The number of amides is 1. The first-order valence-corrected chi connectivity index (χ1v) is 12.3. The fourth-order valence-electron chi connectivity index (χ4n) is 4.71. The van der Waals surface area contributed by atoms with Crippen LogP contribution in [-0.4, -0.2) is 51.3 Å². The molecule has 1 atom stereocenters. The number of ether oxygens (including phenoxy) is 4. The highest BCUT2D eigenvalue weighted by atomic mass is 16.5. The third kappa shape index (κ3) is 5.57. The van der Waals surface area contributed by atoms with Crippen molar-refractivity contribution in [2.45, 2.75) is 26.3 Å². The summed E-state index contributed by atoms with van der Waals surface area (Å²) >= 11 is 0. The minimum Gasteiger partial charge on any atom is -0.494 e. The number of methoxy groups -OCH3 is 2. The Kier molecular flexibility index (Phi) is 8.33. The number of carbonyl (C=O) groups is 1. The predicted molar refractivity (Wildman–Crippen MR) is 141 cm³/mol. The minimum atomic E-state index is -0.116. The van der Waals surface area contributed by atoms with Crippen LogP contribution in [0.3, 0.4) is 0 Å². The van der Waals surface area contributed by atoms with Crippen molar-refractivity contribution in [2.24, 2.45) is 0 Å². The summed E-state index contributed by atoms with van der Waals surface area (Å²) in [5, 5.41) is 3.05. The molecule has 3 aromatic carbocycles. The van der Waals surface area contributed by atoms with E-state index in [1.54, 1.807) is 14.2 Å². The van der Waals surface area contributed by atoms with E-state index in [9.17, 15) is 4.79 Å². The van der Waals surface area contributed by atoms with Crippen molar-refractivity contribution in [3.05, 3.63) is 77.4 Å². The van der Waals surface area contributed by atoms with E-state index in [1.165, 1.54) is 5.56 Å². The number of hydrogen-bond acceptors (Lipinski definition) is 6. The Labute approximate surface area is 212 Å². The SMILES string of the molecule is CCOc1ccc(OCC)c(NC(=O)CN2CCc3cc(OC)c(OC)cc3C2c2ccccc2)c1. The van der Waals surface area contributed by atoms with E-state index in [2.05, 4.69) is 28.4 Å². The number of carbonyl (C=O) groups excluding carboxylic acids is 1. The lowest BCUT2D eigenvalue weighted by atomic mass is 9.87. The molecular formula is C29H34N2O5. The van der Waals surface area contributed by atoms with E-state index in [1.807, 2.05) is 56.3 Å². The van der Waals surface area contributed by atoms with Crippen molar-refractivity contribution < 1.29 is 23.7 Å². The molecule has 7 nitrogen and oxygen atoms in total. The van der Waals surface area contributed by atoms with Gasteiger partial charge in [0.25, 0.3) is 0 Å². The molecule has 36 heavy (non-hydrogen) atoms. The molecule has 3 aromatic rings. The van der Waals surface area contributed by atoms with E-state index in [-0.39, 0.29) is 18.5 Å². The zero-order valence-corrected chi connectivity index (χ0v) is 21.4. The van der Waals surface area contributed by atoms with Gasteiger partial charge in [-0.15, -0.1) is 0 Å². The van der Waals surface area contributed by atoms with Gasteiger partial charge in [0.15, 0.2) is 11.5 Å². The van der Waals surface area contributed by atoms with E-state index in [0.29, 0.717) is 41.9 Å². The molecule has 0 saturated heterocycles. The molecule has 0 fully saturated rings. The Bertz CT molecular complexity index is 1180. The van der Waals surface area contributed by atoms with Gasteiger partial charge in [0.1, 0.15) is 11.5 Å². The normalized spacial score (nSPS) is 15.1. The molecule has 0 saturated carbocycles. The first-order valence-electron chi connectivity index (χ1n) is 12.3. The highest BCUT2D eigenvalue weighted by molar-refractivity contribution is 5.94. The third-order valence-corrected chi connectivity index (χ3v) is 6.27. The molecule has 0 aromatic heterocycles. The molecule has 7 heteroatoms. The predicted octanol–water partition coefficient (Wildman–Crippen LogP) is 5.09. The maximum atomic E-state index is 13.3. The maximum Gasteiger partial charge on any atom is 0.238 e. The third-order valence-electron chi connectivity index (χ3n) is 6.27. The Morgan fingerprint density at radius 3 is 2.33 bits per heavy atom. The van der Waals surface area contributed by atoms with E-state index in [0.717, 1.165) is 24.1 Å². The van der Waals surface area contributed by atoms with Crippen LogP contribution in [0.4, 0.5) is 5.69 Å². The summed E-state index contributed by atoms with van der Waals surface area (Å²) in [6.07, 6.45) is 0.802. The number of fused-ring (bicyclic) bond motifs is 1. The fourth-order valence-corrected chi connectivity index (χ4v) is 4.71. The maximum absolute atomic E-state index is 13.3. The van der Waals surface area contributed by atoms with Crippen molar-refractivity contribution in [1.82, 2.24) is 4.90 Å². The standard InChI is InChI=1S/C29H34N2O5/c1-5-35-22-12-13-25(36-6-2)24(17-22)30-28(32)19-31-15-14-21-16-26(33-3)27(34-4)18-23(21)29(31)20-10-8-7-9-11-20/h7-13,16-18,29H,5-6,14-15,19H2,1-4H3,(H,30,32). The van der Waals surface area contributed by atoms with E-state index < -0.39 is 0 Å². The second-order valence-corrected chi connectivity index (χ2v) is 8.51. The lowest BCUT2D eigenvalue weighted by molar-refractivity contribution is -0.117. The molecular weight excluding hydrogens is 456 g/mol. The Hall–Kier alpha value is -3.71. The molecule has 1 aliphatic rings. The number of rotatable bonds is 10. The van der Waals surface area contributed by atoms with Crippen LogP contribution in [0.5, 0.6) is 23.0 Å². The quantitative estimate of drug-likeness (QED) is 0.427. The molecule has 0 aliphatic carbocycles. The van der Waals surface area contributed by atoms with Crippen LogP contribution >= 0.6 is 0 Å². The Balaban J connectivity index is 1.63. The first-order chi connectivity index (χ1) is 17.6. The minimum absolute atomic E-state index is 0.0957. The Morgan fingerprint density at radius 1 is 0.917 bits per heavy atom. The van der Waals surface area contributed by atoms with Crippen molar-refractivity contribution in [3.8, 4) is 23.0 Å². The topological polar surface area (TPSA) is 69.3 Å². The van der Waals surface area contributed by atoms with Crippen molar-refractivity contribution in [1.29, 1.82) is 0 Å². The molecule has 1 aliphatic heterocycles. The fraction of sp³-hybridized carbons (Fsp3) is 0.345. The summed E-state index contributed by atoms with van der Waals surface area (Å²) in [6.45, 7) is 5.84. The van der Waals surface area contributed by atoms with Gasteiger partial charge >= 0.3 is 0 Å². The van der Waals surface area contributed by atoms with Crippen LogP contribution in [0, 0.1) is 0 Å². The summed E-state index contributed by atoms with van der Waals surface area (Å²) in [6, 6.07) is 19.7. The van der Waals surface area contributed by atoms with Gasteiger partial charge in [-0.1, -0.05) is 30.3 Å². The summed E-state index contributed by atoms with van der Waals surface area (Å²) < 4.78 is 22.5. The lowest BCUT2D eigenvalue weighted by Crippen LogP contribution is -2.41. The number of hydrogen-bond donors (Lipinski definition) is 1. The summed E-state index contributed by atoms with van der Waals surface area (Å²) in [5.74, 6) is 2.58. The summed E-state index contributed by atoms with van der Waals surface area (Å²) in [5.41, 5.74) is 4.03. The van der Waals surface area contributed by atoms with Gasteiger partial charge in [-0.3, -0.25) is 9.69 Å². The number of nitrogens with zero attached hydrogens (tertiary/aromatic N) is 1. The molecule has 0 spiro atoms. The van der Waals surface area contributed by atoms with Crippen LogP contribution in [0.1, 0.15) is 36.6 Å². The largest absolute Gasteiger partial charge is 0.494 e. The van der Waals surface area contributed by atoms with Gasteiger partial charge in [0.05, 0.1) is 45.7 Å². The number of nitrogens with one attached hydrogen (secondary N) is 1. The molecule has 0 radical (unpaired) electrons. The molecule has 4 rings (SSSR count). The molecule has 190 valence electrons. The molecule has 1 heterocycles. The van der Waals surface area contributed by atoms with E-state index in [4.69, 9.17) is 18.9 Å². The smallest absolute Gasteiger partial charge is 0.238 e. The van der Waals surface area contributed by atoms with Crippen LogP contribution in [0.25, 0.3) is 0 Å². The van der Waals surface area contributed by atoms with Crippen molar-refractivity contribution in [2.75, 3.05) is 45.8 Å². The van der Waals surface area contributed by atoms with Crippen molar-refractivity contribution in [3.63, 3.8) is 0 Å². The number of anilines is 1. The van der Waals surface area contributed by atoms with E-state index >= 15 is 0 Å². The van der Waals surface area contributed by atoms with Crippen LogP contribution in [0.15, 0.2) is 60.7 Å². The van der Waals surface area contributed by atoms with Crippen LogP contribution in [-0.2, 0) is 11.2 Å². The average molecular weight is 491 g/mol. The second kappa shape index (κ2) is 11.8. The monoisotopic (exact) mass is 490 g/mol. The van der Waals surface area contributed by atoms with Gasteiger partial charge in [-0.05, 0) is 61.2 Å². The van der Waals surface area contributed by atoms with Gasteiger partial charge in [0.2, 0.25) is 5.91 Å².